The molecule has 0 aliphatic carbocycles. The summed E-state index contributed by atoms with van der Waals surface area (Å²) in [6.07, 6.45) is 3.68. The summed E-state index contributed by atoms with van der Waals surface area (Å²) in [4.78, 5) is 6.42. The van der Waals surface area contributed by atoms with Crippen LogP contribution in [0.1, 0.15) is 12.8 Å². The molecule has 1 saturated heterocycles. The average Bonchev–Trinajstić information content (AvgIpc) is 2.37. The standard InChI is InChI=1S/C12H18ClN3O2/c13-9-7-11(14)12(15-8-9)16-3-1-10(2-4-16)18-6-5-17/h7-8,10,17H,1-6,14H2. The van der Waals surface area contributed by atoms with E-state index in [4.69, 9.17) is 27.2 Å². The van der Waals surface area contributed by atoms with Gasteiger partial charge in [0.05, 0.1) is 30.0 Å². The van der Waals surface area contributed by atoms with Gasteiger partial charge in [-0.1, -0.05) is 11.6 Å². The fourth-order valence-corrected chi connectivity index (χ4v) is 2.33. The maximum absolute atomic E-state index is 8.71. The number of halogens is 1. The molecule has 0 amide bonds. The number of ether oxygens (including phenoxy) is 1. The molecule has 1 aromatic heterocycles. The number of pyridine rings is 1. The van der Waals surface area contributed by atoms with E-state index >= 15 is 0 Å². The first-order valence-corrected chi connectivity index (χ1v) is 6.47. The fraction of sp³-hybridized carbons (Fsp3) is 0.583. The van der Waals surface area contributed by atoms with Crippen molar-refractivity contribution in [2.24, 2.45) is 0 Å². The van der Waals surface area contributed by atoms with Gasteiger partial charge in [0.2, 0.25) is 0 Å². The molecular weight excluding hydrogens is 254 g/mol. The number of nitrogens with two attached hydrogens (primary N) is 1. The molecule has 18 heavy (non-hydrogen) atoms. The van der Waals surface area contributed by atoms with Crippen molar-refractivity contribution in [1.82, 2.24) is 4.98 Å². The van der Waals surface area contributed by atoms with Crippen molar-refractivity contribution in [3.05, 3.63) is 17.3 Å². The summed E-state index contributed by atoms with van der Waals surface area (Å²) in [5.74, 6) is 0.792. The molecule has 0 atom stereocenters. The maximum Gasteiger partial charge on any atom is 0.151 e. The average molecular weight is 272 g/mol. The van der Waals surface area contributed by atoms with E-state index in [1.54, 1.807) is 12.3 Å². The van der Waals surface area contributed by atoms with E-state index in [-0.39, 0.29) is 12.7 Å². The van der Waals surface area contributed by atoms with Gasteiger partial charge in [-0.15, -0.1) is 0 Å². The van der Waals surface area contributed by atoms with Crippen LogP contribution < -0.4 is 10.6 Å². The van der Waals surface area contributed by atoms with Crippen LogP contribution in [0.4, 0.5) is 11.5 Å². The Morgan fingerprint density at radius 2 is 2.22 bits per heavy atom. The zero-order chi connectivity index (χ0) is 13.0. The lowest BCUT2D eigenvalue weighted by atomic mass is 10.1. The van der Waals surface area contributed by atoms with Crippen molar-refractivity contribution in [2.45, 2.75) is 18.9 Å². The second-order valence-electron chi connectivity index (χ2n) is 4.35. The van der Waals surface area contributed by atoms with Crippen LogP contribution in [-0.2, 0) is 4.74 Å². The number of rotatable bonds is 4. The molecule has 1 fully saturated rings. The van der Waals surface area contributed by atoms with Gasteiger partial charge in [-0.2, -0.15) is 0 Å². The van der Waals surface area contributed by atoms with Gasteiger partial charge in [0.15, 0.2) is 5.82 Å². The molecule has 0 saturated carbocycles. The summed E-state index contributed by atoms with van der Waals surface area (Å²) in [5, 5.41) is 9.27. The molecule has 100 valence electrons. The van der Waals surface area contributed by atoms with Crippen LogP contribution in [0.5, 0.6) is 0 Å². The fourth-order valence-electron chi connectivity index (χ4n) is 2.17. The van der Waals surface area contributed by atoms with Crippen molar-refractivity contribution >= 4 is 23.1 Å². The summed E-state index contributed by atoms with van der Waals surface area (Å²) in [6.45, 7) is 2.20. The number of piperidine rings is 1. The first kappa shape index (κ1) is 13.4. The number of aliphatic hydroxyl groups excluding tert-OH is 1. The summed E-state index contributed by atoms with van der Waals surface area (Å²) < 4.78 is 5.52. The summed E-state index contributed by atoms with van der Waals surface area (Å²) in [5.41, 5.74) is 6.52. The highest BCUT2D eigenvalue weighted by Crippen LogP contribution is 2.26. The highest BCUT2D eigenvalue weighted by Gasteiger charge is 2.21. The Kier molecular flexibility index (Phi) is 4.63. The summed E-state index contributed by atoms with van der Waals surface area (Å²) in [7, 11) is 0. The van der Waals surface area contributed by atoms with Gasteiger partial charge >= 0.3 is 0 Å². The van der Waals surface area contributed by atoms with Gasteiger partial charge in [-0.3, -0.25) is 0 Å². The number of anilines is 2. The van der Waals surface area contributed by atoms with E-state index in [1.165, 1.54) is 0 Å². The predicted octanol–water partition coefficient (Wildman–Crippen LogP) is 1.29. The minimum absolute atomic E-state index is 0.0753. The Bertz CT molecular complexity index is 395. The van der Waals surface area contributed by atoms with Gasteiger partial charge < -0.3 is 20.5 Å². The van der Waals surface area contributed by atoms with Gasteiger partial charge in [0.1, 0.15) is 0 Å². The molecule has 1 aliphatic heterocycles. The molecule has 6 heteroatoms. The third-order valence-corrected chi connectivity index (χ3v) is 3.25. The van der Waals surface area contributed by atoms with Crippen LogP contribution in [0.15, 0.2) is 12.3 Å². The zero-order valence-corrected chi connectivity index (χ0v) is 10.9. The molecule has 2 heterocycles. The summed E-state index contributed by atoms with van der Waals surface area (Å²) >= 11 is 5.83. The Hall–Kier alpha value is -1.04. The van der Waals surface area contributed by atoms with Crippen LogP contribution in [0.2, 0.25) is 5.02 Å². The highest BCUT2D eigenvalue weighted by molar-refractivity contribution is 6.30. The molecule has 0 spiro atoms. The topological polar surface area (TPSA) is 71.6 Å². The number of hydrogen-bond acceptors (Lipinski definition) is 5. The third-order valence-electron chi connectivity index (χ3n) is 3.05. The molecule has 2 rings (SSSR count). The Balaban J connectivity index is 1.93. The van der Waals surface area contributed by atoms with E-state index in [1.807, 2.05) is 0 Å². The molecular formula is C12H18ClN3O2. The lowest BCUT2D eigenvalue weighted by Gasteiger charge is -2.33. The second kappa shape index (κ2) is 6.22. The molecule has 0 bridgehead atoms. The SMILES string of the molecule is Nc1cc(Cl)cnc1N1CCC(OCCO)CC1. The number of nitrogen functional groups attached to an aromatic ring is 1. The zero-order valence-electron chi connectivity index (χ0n) is 10.2. The number of aromatic nitrogens is 1. The number of nitrogens with zero attached hydrogens (tertiary/aromatic N) is 2. The molecule has 0 unspecified atom stereocenters. The van der Waals surface area contributed by atoms with E-state index in [9.17, 15) is 0 Å². The van der Waals surface area contributed by atoms with Crippen molar-refractivity contribution in [2.75, 3.05) is 36.9 Å². The molecule has 3 N–H and O–H groups in total. The van der Waals surface area contributed by atoms with Gasteiger partial charge in [0, 0.05) is 19.3 Å². The third kappa shape index (κ3) is 3.25. The normalized spacial score (nSPS) is 17.1. The second-order valence-corrected chi connectivity index (χ2v) is 4.78. The smallest absolute Gasteiger partial charge is 0.151 e. The first-order chi connectivity index (χ1) is 8.70. The Labute approximate surface area is 112 Å². The molecule has 5 nitrogen and oxygen atoms in total. The van der Waals surface area contributed by atoms with E-state index < -0.39 is 0 Å². The van der Waals surface area contributed by atoms with Gasteiger partial charge in [0.25, 0.3) is 0 Å². The van der Waals surface area contributed by atoms with Gasteiger partial charge in [-0.25, -0.2) is 4.98 Å². The van der Waals surface area contributed by atoms with Crippen molar-refractivity contribution in [1.29, 1.82) is 0 Å². The Morgan fingerprint density at radius 1 is 1.50 bits per heavy atom. The van der Waals surface area contributed by atoms with Crippen LogP contribution in [0, 0.1) is 0 Å². The molecule has 0 aromatic carbocycles. The molecule has 1 aromatic rings. The monoisotopic (exact) mass is 271 g/mol. The first-order valence-electron chi connectivity index (χ1n) is 6.09. The van der Waals surface area contributed by atoms with Crippen molar-refractivity contribution in [3.63, 3.8) is 0 Å². The van der Waals surface area contributed by atoms with Crippen LogP contribution in [-0.4, -0.2) is 42.5 Å². The van der Waals surface area contributed by atoms with Crippen LogP contribution >= 0.6 is 11.6 Å². The van der Waals surface area contributed by atoms with Crippen LogP contribution in [0.25, 0.3) is 0 Å². The number of hydrogen-bond donors (Lipinski definition) is 2. The number of aliphatic hydroxyl groups is 1. The minimum atomic E-state index is 0.0753. The quantitative estimate of drug-likeness (QED) is 0.864. The lowest BCUT2D eigenvalue weighted by Crippen LogP contribution is -2.38. The van der Waals surface area contributed by atoms with E-state index in [0.29, 0.717) is 17.3 Å². The maximum atomic E-state index is 8.71. The Morgan fingerprint density at radius 3 is 2.83 bits per heavy atom. The predicted molar refractivity (Wildman–Crippen MR) is 71.9 cm³/mol. The lowest BCUT2D eigenvalue weighted by molar-refractivity contribution is 0.0158. The highest BCUT2D eigenvalue weighted by atomic mass is 35.5. The molecule has 0 radical (unpaired) electrons. The van der Waals surface area contributed by atoms with E-state index in [2.05, 4.69) is 9.88 Å². The van der Waals surface area contributed by atoms with Gasteiger partial charge in [-0.05, 0) is 18.9 Å². The largest absolute Gasteiger partial charge is 0.396 e. The molecule has 1 aliphatic rings. The van der Waals surface area contributed by atoms with E-state index in [0.717, 1.165) is 31.7 Å². The summed E-state index contributed by atoms with van der Waals surface area (Å²) in [6, 6.07) is 1.72. The van der Waals surface area contributed by atoms with Crippen molar-refractivity contribution < 1.29 is 9.84 Å². The van der Waals surface area contributed by atoms with Crippen molar-refractivity contribution in [3.8, 4) is 0 Å². The van der Waals surface area contributed by atoms with Crippen LogP contribution in [0.3, 0.4) is 0 Å². The minimum Gasteiger partial charge on any atom is -0.396 e.